The Labute approximate surface area is 52.8 Å². The number of rotatable bonds is 2. The Kier molecular flexibility index (Phi) is 8.56. The van der Waals surface area contributed by atoms with Crippen LogP contribution in [-0.2, 0) is 21.3 Å². The van der Waals surface area contributed by atoms with Gasteiger partial charge in [0.05, 0.1) is 0 Å². The third kappa shape index (κ3) is 10.7. The minimum Gasteiger partial charge on any atom is -0.481 e. The zero-order valence-electron chi connectivity index (χ0n) is 3.79. The van der Waals surface area contributed by atoms with Crippen LogP contribution in [0.5, 0.6) is 0 Å². The summed E-state index contributed by atoms with van der Waals surface area (Å²) in [6.07, 6.45) is 0.662. The molecule has 0 saturated carbocycles. The van der Waals surface area contributed by atoms with Crippen LogP contribution in [0.4, 0.5) is 0 Å². The standard InChI is InChI=1S/C4H7O2.Ni/c1-2-3-4(5)6;/h1-3H2,(H,5,6);/q-1;. The average molecular weight is 146 g/mol. The topological polar surface area (TPSA) is 37.3 Å². The first-order valence-corrected chi connectivity index (χ1v) is 1.78. The molecule has 0 aromatic heterocycles. The van der Waals surface area contributed by atoms with Crippen LogP contribution in [0.25, 0.3) is 0 Å². The number of hydrogen-bond acceptors (Lipinski definition) is 1. The van der Waals surface area contributed by atoms with Crippen LogP contribution in [0.3, 0.4) is 0 Å². The first kappa shape index (κ1) is 10.1. The summed E-state index contributed by atoms with van der Waals surface area (Å²) in [7, 11) is 0. The van der Waals surface area contributed by atoms with Crippen molar-refractivity contribution in [1.29, 1.82) is 0 Å². The van der Waals surface area contributed by atoms with E-state index in [1.807, 2.05) is 0 Å². The van der Waals surface area contributed by atoms with Crippen molar-refractivity contribution in [3.63, 3.8) is 0 Å². The van der Waals surface area contributed by atoms with Gasteiger partial charge in [-0.3, -0.25) is 4.79 Å². The quantitative estimate of drug-likeness (QED) is 0.459. The molecule has 0 fully saturated rings. The maximum absolute atomic E-state index is 9.56. The van der Waals surface area contributed by atoms with Crippen LogP contribution >= 0.6 is 0 Å². The third-order valence-electron chi connectivity index (χ3n) is 0.391. The molecular formula is C4H7NiO2-. The molecule has 0 heterocycles. The molecule has 0 aromatic rings. The molecule has 46 valence electrons. The number of carboxylic acid groups (broad SMARTS) is 1. The van der Waals surface area contributed by atoms with Crippen LogP contribution in [0.2, 0.25) is 0 Å². The van der Waals surface area contributed by atoms with Gasteiger partial charge in [0.15, 0.2) is 0 Å². The van der Waals surface area contributed by atoms with E-state index in [1.165, 1.54) is 0 Å². The molecule has 0 amide bonds. The zero-order valence-corrected chi connectivity index (χ0v) is 4.78. The summed E-state index contributed by atoms with van der Waals surface area (Å²) in [6.45, 7) is 3.34. The Balaban J connectivity index is 0. The monoisotopic (exact) mass is 145 g/mol. The van der Waals surface area contributed by atoms with Crippen molar-refractivity contribution >= 4 is 5.97 Å². The molecule has 0 aliphatic carbocycles. The fourth-order valence-electron chi connectivity index (χ4n) is 0.151. The second-order valence-electron chi connectivity index (χ2n) is 0.997. The van der Waals surface area contributed by atoms with Crippen molar-refractivity contribution in [3.8, 4) is 0 Å². The third-order valence-corrected chi connectivity index (χ3v) is 0.391. The van der Waals surface area contributed by atoms with E-state index < -0.39 is 5.97 Å². The minimum atomic E-state index is -0.773. The molecule has 0 atom stereocenters. The molecular weight excluding hydrogens is 139 g/mol. The fraction of sp³-hybridized carbons (Fsp3) is 0.500. The van der Waals surface area contributed by atoms with Crippen LogP contribution in [0.15, 0.2) is 0 Å². The van der Waals surface area contributed by atoms with Crippen LogP contribution in [0, 0.1) is 6.92 Å². The van der Waals surface area contributed by atoms with Gasteiger partial charge in [-0.25, -0.2) is 0 Å². The van der Waals surface area contributed by atoms with E-state index in [-0.39, 0.29) is 22.9 Å². The van der Waals surface area contributed by atoms with E-state index in [1.54, 1.807) is 0 Å². The Bertz CT molecular complexity index is 53.7. The first-order valence-electron chi connectivity index (χ1n) is 1.78. The Morgan fingerprint density at radius 1 is 1.71 bits per heavy atom. The summed E-state index contributed by atoms with van der Waals surface area (Å²) in [5.41, 5.74) is 0. The summed E-state index contributed by atoms with van der Waals surface area (Å²) in [5, 5.41) is 7.87. The molecule has 0 bridgehead atoms. The summed E-state index contributed by atoms with van der Waals surface area (Å²) >= 11 is 0. The van der Waals surface area contributed by atoms with Gasteiger partial charge in [-0.2, -0.15) is 6.42 Å². The average Bonchev–Trinajstić information content (AvgIpc) is 1.35. The summed E-state index contributed by atoms with van der Waals surface area (Å²) < 4.78 is 0. The van der Waals surface area contributed by atoms with Crippen LogP contribution < -0.4 is 0 Å². The largest absolute Gasteiger partial charge is 0.481 e. The van der Waals surface area contributed by atoms with Crippen LogP contribution in [-0.4, -0.2) is 11.1 Å². The maximum atomic E-state index is 9.56. The zero-order chi connectivity index (χ0) is 4.99. The second kappa shape index (κ2) is 5.96. The second-order valence-corrected chi connectivity index (χ2v) is 0.997. The molecule has 0 radical (unpaired) electrons. The molecule has 2 nitrogen and oxygen atoms in total. The van der Waals surface area contributed by atoms with Gasteiger partial charge in [0.25, 0.3) is 0 Å². The van der Waals surface area contributed by atoms with Gasteiger partial charge in [-0.05, 0) is 0 Å². The first-order chi connectivity index (χ1) is 2.77. The van der Waals surface area contributed by atoms with Crippen molar-refractivity contribution < 1.29 is 26.4 Å². The summed E-state index contributed by atoms with van der Waals surface area (Å²) in [5.74, 6) is -0.773. The van der Waals surface area contributed by atoms with Gasteiger partial charge < -0.3 is 12.0 Å². The molecule has 0 unspecified atom stereocenters. The number of carbonyl (C=O) groups is 1. The van der Waals surface area contributed by atoms with Crippen molar-refractivity contribution in [2.75, 3.05) is 0 Å². The smallest absolute Gasteiger partial charge is 0.300 e. The van der Waals surface area contributed by atoms with E-state index >= 15 is 0 Å². The predicted octanol–water partition coefficient (Wildman–Crippen LogP) is 0.683. The fourth-order valence-corrected chi connectivity index (χ4v) is 0.151. The summed E-state index contributed by atoms with van der Waals surface area (Å²) in [6, 6.07) is 0. The molecule has 0 saturated heterocycles. The SMILES string of the molecule is [CH2-]CCC(=O)O.[Ni]. The molecule has 0 aliphatic rings. The Morgan fingerprint density at radius 2 is 2.14 bits per heavy atom. The van der Waals surface area contributed by atoms with Crippen molar-refractivity contribution in [3.05, 3.63) is 6.92 Å². The van der Waals surface area contributed by atoms with E-state index in [9.17, 15) is 4.79 Å². The van der Waals surface area contributed by atoms with Gasteiger partial charge >= 0.3 is 5.97 Å². The van der Waals surface area contributed by atoms with E-state index in [0.29, 0.717) is 6.42 Å². The van der Waals surface area contributed by atoms with Crippen molar-refractivity contribution in [2.45, 2.75) is 12.8 Å². The van der Waals surface area contributed by atoms with Crippen molar-refractivity contribution in [1.82, 2.24) is 0 Å². The molecule has 1 N–H and O–H groups in total. The van der Waals surface area contributed by atoms with Crippen molar-refractivity contribution in [2.24, 2.45) is 0 Å². The van der Waals surface area contributed by atoms with E-state index in [0.717, 1.165) is 0 Å². The Morgan fingerprint density at radius 3 is 2.14 bits per heavy atom. The number of aliphatic carboxylic acids is 1. The molecule has 0 spiro atoms. The molecule has 0 aromatic carbocycles. The number of hydrogen-bond donors (Lipinski definition) is 1. The summed E-state index contributed by atoms with van der Waals surface area (Å²) in [4.78, 5) is 9.56. The van der Waals surface area contributed by atoms with Crippen LogP contribution in [0.1, 0.15) is 12.8 Å². The Hall–Kier alpha value is -0.0365. The maximum Gasteiger partial charge on any atom is 0.300 e. The van der Waals surface area contributed by atoms with Gasteiger partial charge in [0.2, 0.25) is 0 Å². The van der Waals surface area contributed by atoms with Gasteiger partial charge in [0, 0.05) is 22.9 Å². The molecule has 7 heavy (non-hydrogen) atoms. The van der Waals surface area contributed by atoms with Gasteiger partial charge in [-0.1, -0.05) is 0 Å². The van der Waals surface area contributed by atoms with E-state index in [4.69, 9.17) is 5.11 Å². The normalized spacial score (nSPS) is 7.00. The van der Waals surface area contributed by atoms with Gasteiger partial charge in [0.1, 0.15) is 0 Å². The minimum absolute atomic E-state index is 0. The predicted molar refractivity (Wildman–Crippen MR) is 22.2 cm³/mol. The number of carboxylic acids is 1. The molecule has 0 rings (SSSR count). The molecule has 0 aliphatic heterocycles. The van der Waals surface area contributed by atoms with E-state index in [2.05, 4.69) is 6.92 Å². The molecule has 3 heteroatoms. The van der Waals surface area contributed by atoms with Gasteiger partial charge in [-0.15, -0.1) is 0 Å².